The third kappa shape index (κ3) is 8.13. The lowest BCUT2D eigenvalue weighted by Gasteiger charge is -2.15. The minimum atomic E-state index is -0.443. The van der Waals surface area contributed by atoms with Crippen LogP contribution < -0.4 is 10.2 Å². The minimum absolute atomic E-state index is 0.0302. The van der Waals surface area contributed by atoms with Gasteiger partial charge in [-0.2, -0.15) is 0 Å². The van der Waals surface area contributed by atoms with Gasteiger partial charge in [-0.05, 0) is 61.6 Å². The number of carbonyl (C=O) groups excluding carboxylic acids is 2. The summed E-state index contributed by atoms with van der Waals surface area (Å²) < 4.78 is 5.39. The van der Waals surface area contributed by atoms with Crippen LogP contribution in [0.1, 0.15) is 59.2 Å². The third-order valence-electron chi connectivity index (χ3n) is 5.97. The van der Waals surface area contributed by atoms with Gasteiger partial charge in [0.25, 0.3) is 0 Å². The number of Topliss-reactive ketones (excluding diaryl/α,β-unsaturated/α-hetero) is 1. The maximum atomic E-state index is 12.7. The third-order valence-corrected chi connectivity index (χ3v) is 5.97. The van der Waals surface area contributed by atoms with E-state index in [0.29, 0.717) is 18.4 Å². The number of ether oxygens (including phenoxy) is 1. The molecule has 3 aromatic rings. The van der Waals surface area contributed by atoms with E-state index in [2.05, 4.69) is 11.8 Å². The van der Waals surface area contributed by atoms with Crippen LogP contribution in [0, 0.1) is 17.8 Å². The van der Waals surface area contributed by atoms with Gasteiger partial charge in [0.05, 0.1) is 7.11 Å². The van der Waals surface area contributed by atoms with Crippen LogP contribution in [0.15, 0.2) is 78.9 Å². The van der Waals surface area contributed by atoms with Gasteiger partial charge in [-0.3, -0.25) is 14.8 Å². The van der Waals surface area contributed by atoms with Crippen molar-refractivity contribution in [1.82, 2.24) is 5.48 Å². The first-order valence-corrected chi connectivity index (χ1v) is 11.9. The van der Waals surface area contributed by atoms with Crippen LogP contribution >= 0.6 is 0 Å². The Hall–Kier alpha value is -3.88. The summed E-state index contributed by atoms with van der Waals surface area (Å²) in [5.41, 5.74) is 5.24. The van der Waals surface area contributed by atoms with E-state index in [1.807, 2.05) is 66.7 Å². The zero-order chi connectivity index (χ0) is 24.9. The largest absolute Gasteiger partial charge is 0.496 e. The van der Waals surface area contributed by atoms with Crippen molar-refractivity contribution in [3.05, 3.63) is 101 Å². The molecule has 35 heavy (non-hydrogen) atoms. The number of hydrogen-bond acceptors (Lipinski definition) is 4. The number of para-hydroxylation sites is 1. The molecule has 1 amide bonds. The Morgan fingerprint density at radius 2 is 1.51 bits per heavy atom. The zero-order valence-electron chi connectivity index (χ0n) is 20.0. The van der Waals surface area contributed by atoms with Crippen LogP contribution in [0.4, 0.5) is 0 Å². The Morgan fingerprint density at radius 1 is 0.857 bits per heavy atom. The van der Waals surface area contributed by atoms with Crippen molar-refractivity contribution in [2.24, 2.45) is 5.92 Å². The second kappa shape index (κ2) is 13.7. The Balaban J connectivity index is 1.49. The van der Waals surface area contributed by atoms with Crippen molar-refractivity contribution >= 4 is 11.7 Å². The molecule has 0 bridgehead atoms. The van der Waals surface area contributed by atoms with Gasteiger partial charge in [0.2, 0.25) is 5.91 Å². The number of carbonyl (C=O) groups is 2. The highest BCUT2D eigenvalue weighted by atomic mass is 16.5. The van der Waals surface area contributed by atoms with Gasteiger partial charge in [0.15, 0.2) is 5.78 Å². The van der Waals surface area contributed by atoms with E-state index in [4.69, 9.17) is 9.94 Å². The van der Waals surface area contributed by atoms with Gasteiger partial charge >= 0.3 is 0 Å². The van der Waals surface area contributed by atoms with Crippen LogP contribution in [0.25, 0.3) is 0 Å². The van der Waals surface area contributed by atoms with Crippen molar-refractivity contribution in [2.75, 3.05) is 7.11 Å². The first-order chi connectivity index (χ1) is 17.1. The molecule has 0 fully saturated rings. The molecule has 1 atom stereocenters. The van der Waals surface area contributed by atoms with E-state index < -0.39 is 11.8 Å². The Morgan fingerprint density at radius 3 is 2.20 bits per heavy atom. The fraction of sp³-hybridized carbons (Fsp3) is 0.267. The number of hydrogen-bond donors (Lipinski definition) is 2. The molecular formula is C30H31NO4. The van der Waals surface area contributed by atoms with Crippen molar-refractivity contribution in [2.45, 2.75) is 38.5 Å². The van der Waals surface area contributed by atoms with Crippen molar-refractivity contribution in [3.63, 3.8) is 0 Å². The lowest BCUT2D eigenvalue weighted by molar-refractivity contribution is -0.133. The van der Waals surface area contributed by atoms with Crippen LogP contribution in [-0.2, 0) is 11.2 Å². The highest BCUT2D eigenvalue weighted by Gasteiger charge is 2.19. The Bertz CT molecular complexity index is 1160. The maximum absolute atomic E-state index is 12.7. The van der Waals surface area contributed by atoms with E-state index in [1.54, 1.807) is 24.7 Å². The molecule has 0 aliphatic carbocycles. The van der Waals surface area contributed by atoms with Gasteiger partial charge in [-0.25, -0.2) is 5.48 Å². The second-order valence-electron chi connectivity index (χ2n) is 8.39. The SMILES string of the molecule is COc1ccccc1CCCC[C@H](CCC(=O)c1ccc(C#Cc2ccccc2)cc1)C(=O)NO. The lowest BCUT2D eigenvalue weighted by atomic mass is 9.92. The minimum Gasteiger partial charge on any atom is -0.496 e. The average Bonchev–Trinajstić information content (AvgIpc) is 2.92. The van der Waals surface area contributed by atoms with Gasteiger partial charge in [-0.15, -0.1) is 0 Å². The standard InChI is InChI=1S/C30H31NO4/c1-35-29-14-8-7-12-26(29)11-5-6-13-27(30(33)31-34)21-22-28(32)25-19-17-24(18-20-25)16-15-23-9-3-2-4-10-23/h2-4,7-10,12,14,17-20,27,34H,5-6,11,13,21-22H2,1H3,(H,31,33)/t27-/m1/s1. The molecule has 2 N–H and O–H groups in total. The van der Waals surface area contributed by atoms with E-state index in [9.17, 15) is 9.59 Å². The molecule has 5 nitrogen and oxygen atoms in total. The molecular weight excluding hydrogens is 438 g/mol. The van der Waals surface area contributed by atoms with Crippen molar-refractivity contribution in [1.29, 1.82) is 0 Å². The average molecular weight is 470 g/mol. The van der Waals surface area contributed by atoms with E-state index in [1.165, 1.54) is 0 Å². The zero-order valence-corrected chi connectivity index (χ0v) is 20.0. The highest BCUT2D eigenvalue weighted by Crippen LogP contribution is 2.22. The number of amides is 1. The molecule has 0 radical (unpaired) electrons. The smallest absolute Gasteiger partial charge is 0.246 e. The molecule has 0 saturated carbocycles. The fourth-order valence-electron chi connectivity index (χ4n) is 3.97. The maximum Gasteiger partial charge on any atom is 0.246 e. The Labute approximate surface area is 207 Å². The number of unbranched alkanes of at least 4 members (excludes halogenated alkanes) is 1. The Kier molecular flexibility index (Phi) is 10.1. The van der Waals surface area contributed by atoms with Crippen LogP contribution in [-0.4, -0.2) is 24.0 Å². The fourth-order valence-corrected chi connectivity index (χ4v) is 3.97. The van der Waals surface area contributed by atoms with Gasteiger partial charge < -0.3 is 4.74 Å². The van der Waals surface area contributed by atoms with Crippen LogP contribution in [0.2, 0.25) is 0 Å². The summed E-state index contributed by atoms with van der Waals surface area (Å²) in [4.78, 5) is 24.8. The summed E-state index contributed by atoms with van der Waals surface area (Å²) in [6.45, 7) is 0. The van der Waals surface area contributed by atoms with Crippen molar-refractivity contribution < 1.29 is 19.5 Å². The molecule has 0 spiro atoms. The molecule has 0 aromatic heterocycles. The number of ketones is 1. The van der Waals surface area contributed by atoms with Gasteiger partial charge in [0, 0.05) is 29.0 Å². The summed E-state index contributed by atoms with van der Waals surface area (Å²) >= 11 is 0. The number of hydroxylamine groups is 1. The lowest BCUT2D eigenvalue weighted by Crippen LogP contribution is -2.28. The van der Waals surface area contributed by atoms with Crippen LogP contribution in [0.5, 0.6) is 5.75 Å². The second-order valence-corrected chi connectivity index (χ2v) is 8.39. The molecule has 0 unspecified atom stereocenters. The molecule has 0 heterocycles. The topological polar surface area (TPSA) is 75.6 Å². The summed E-state index contributed by atoms with van der Waals surface area (Å²) in [5.74, 6) is 6.17. The molecule has 0 saturated heterocycles. The normalized spacial score (nSPS) is 11.1. The summed E-state index contributed by atoms with van der Waals surface area (Å²) in [6.07, 6.45) is 3.75. The molecule has 0 aliphatic rings. The number of aryl methyl sites for hydroxylation is 1. The van der Waals surface area contributed by atoms with E-state index >= 15 is 0 Å². The monoisotopic (exact) mass is 469 g/mol. The highest BCUT2D eigenvalue weighted by molar-refractivity contribution is 5.96. The van der Waals surface area contributed by atoms with Gasteiger partial charge in [0.1, 0.15) is 5.75 Å². The molecule has 5 heteroatoms. The first kappa shape index (κ1) is 25.7. The molecule has 0 aliphatic heterocycles. The van der Waals surface area contributed by atoms with Gasteiger partial charge in [-0.1, -0.05) is 66.8 Å². The quantitative estimate of drug-likeness (QED) is 0.126. The summed E-state index contributed by atoms with van der Waals surface area (Å²) in [6, 6.07) is 24.8. The number of nitrogens with one attached hydrogen (secondary N) is 1. The van der Waals surface area contributed by atoms with E-state index in [-0.39, 0.29) is 12.2 Å². The first-order valence-electron chi connectivity index (χ1n) is 11.9. The predicted octanol–water partition coefficient (Wildman–Crippen LogP) is 5.59. The number of benzene rings is 3. The molecule has 3 rings (SSSR count). The van der Waals surface area contributed by atoms with Crippen LogP contribution in [0.3, 0.4) is 0 Å². The summed E-state index contributed by atoms with van der Waals surface area (Å²) in [7, 11) is 1.66. The van der Waals surface area contributed by atoms with Crippen molar-refractivity contribution in [3.8, 4) is 17.6 Å². The number of methoxy groups -OCH3 is 1. The summed E-state index contributed by atoms with van der Waals surface area (Å²) in [5, 5.41) is 9.14. The van der Waals surface area contributed by atoms with E-state index in [0.717, 1.165) is 41.7 Å². The number of rotatable bonds is 11. The predicted molar refractivity (Wildman–Crippen MR) is 136 cm³/mol. The molecule has 3 aromatic carbocycles. The molecule has 180 valence electrons.